The zero-order chi connectivity index (χ0) is 14.5. The van der Waals surface area contributed by atoms with E-state index in [1.807, 2.05) is 18.2 Å². The molecule has 0 saturated carbocycles. The third-order valence-corrected chi connectivity index (χ3v) is 3.61. The molecule has 0 aliphatic rings. The van der Waals surface area contributed by atoms with Gasteiger partial charge in [0.1, 0.15) is 0 Å². The van der Waals surface area contributed by atoms with Gasteiger partial charge in [-0.1, -0.05) is 17.3 Å². The quantitative estimate of drug-likeness (QED) is 0.251. The Balaban J connectivity index is 2.15. The second-order valence-corrected chi connectivity index (χ2v) is 5.16. The van der Waals surface area contributed by atoms with Gasteiger partial charge in [-0.15, -0.1) is 0 Å². The number of carbonyl (C=O) groups is 1. The Morgan fingerprint density at radius 3 is 2.40 bits per heavy atom. The van der Waals surface area contributed by atoms with Crippen LogP contribution in [0.1, 0.15) is 15.9 Å². The van der Waals surface area contributed by atoms with E-state index in [1.54, 1.807) is 30.3 Å². The number of rotatable bonds is 3. The Morgan fingerprint density at radius 1 is 1.15 bits per heavy atom. The van der Waals surface area contributed by atoms with Crippen LogP contribution in [0.4, 0.5) is 5.69 Å². The van der Waals surface area contributed by atoms with Crippen molar-refractivity contribution in [1.82, 2.24) is 0 Å². The number of nitrogens with two attached hydrogens (primary N) is 1. The van der Waals surface area contributed by atoms with Crippen LogP contribution in [0.2, 0.25) is 0 Å². The van der Waals surface area contributed by atoms with Crippen LogP contribution >= 0.6 is 22.6 Å². The summed E-state index contributed by atoms with van der Waals surface area (Å²) in [5.74, 6) is -0.146. The molecule has 0 radical (unpaired) electrons. The number of oxime groups is 1. The van der Waals surface area contributed by atoms with Crippen LogP contribution in [0, 0.1) is 3.57 Å². The normalized spacial score (nSPS) is 11.2. The summed E-state index contributed by atoms with van der Waals surface area (Å²) in [4.78, 5) is 12.1. The average Bonchev–Trinajstić information content (AvgIpc) is 2.47. The molecular weight excluding hydrogens is 369 g/mol. The van der Waals surface area contributed by atoms with Gasteiger partial charge in [0.2, 0.25) is 0 Å². The van der Waals surface area contributed by atoms with Crippen LogP contribution in [0.15, 0.2) is 53.7 Å². The number of hydrogen-bond donors (Lipinski definition) is 3. The third kappa shape index (κ3) is 3.27. The van der Waals surface area contributed by atoms with E-state index >= 15 is 0 Å². The smallest absolute Gasteiger partial charge is 0.256 e. The molecule has 2 aromatic carbocycles. The van der Waals surface area contributed by atoms with Crippen LogP contribution in [-0.2, 0) is 0 Å². The van der Waals surface area contributed by atoms with Gasteiger partial charge in [0.05, 0.1) is 5.56 Å². The fourth-order valence-corrected chi connectivity index (χ4v) is 2.26. The van der Waals surface area contributed by atoms with Crippen molar-refractivity contribution in [2.45, 2.75) is 0 Å². The minimum atomic E-state index is -0.174. The molecule has 2 rings (SSSR count). The molecule has 0 atom stereocenters. The Bertz CT molecular complexity index is 654. The molecule has 0 aliphatic carbocycles. The molecule has 0 fully saturated rings. The lowest BCUT2D eigenvalue weighted by Gasteiger charge is -2.07. The average molecular weight is 381 g/mol. The molecule has 0 heterocycles. The highest BCUT2D eigenvalue weighted by molar-refractivity contribution is 14.1. The number of amides is 1. The number of benzene rings is 2. The van der Waals surface area contributed by atoms with E-state index in [0.717, 1.165) is 3.57 Å². The van der Waals surface area contributed by atoms with Crippen molar-refractivity contribution in [1.29, 1.82) is 0 Å². The molecule has 0 spiro atoms. The summed E-state index contributed by atoms with van der Waals surface area (Å²) >= 11 is 2.12. The Morgan fingerprint density at radius 2 is 1.80 bits per heavy atom. The second-order valence-electron chi connectivity index (χ2n) is 4.00. The first-order valence-corrected chi connectivity index (χ1v) is 6.83. The minimum absolute atomic E-state index is 0.0282. The summed E-state index contributed by atoms with van der Waals surface area (Å²) in [5.41, 5.74) is 7.31. The molecule has 4 N–H and O–H groups in total. The summed E-state index contributed by atoms with van der Waals surface area (Å²) in [6.45, 7) is 0. The predicted octanol–water partition coefficient (Wildman–Crippen LogP) is 2.64. The summed E-state index contributed by atoms with van der Waals surface area (Å²) < 4.78 is 0.885. The maximum absolute atomic E-state index is 12.1. The molecule has 2 aromatic rings. The van der Waals surface area contributed by atoms with Crippen molar-refractivity contribution < 1.29 is 10.0 Å². The van der Waals surface area contributed by atoms with E-state index in [-0.39, 0.29) is 11.7 Å². The summed E-state index contributed by atoms with van der Waals surface area (Å²) in [7, 11) is 0. The van der Waals surface area contributed by atoms with Gasteiger partial charge in [-0.2, -0.15) is 0 Å². The van der Waals surface area contributed by atoms with Crippen molar-refractivity contribution in [2.75, 3.05) is 5.32 Å². The summed E-state index contributed by atoms with van der Waals surface area (Å²) in [6.07, 6.45) is 0. The highest BCUT2D eigenvalue weighted by atomic mass is 127. The van der Waals surface area contributed by atoms with Crippen LogP contribution in [0.3, 0.4) is 0 Å². The maximum Gasteiger partial charge on any atom is 0.256 e. The largest absolute Gasteiger partial charge is 0.409 e. The molecule has 20 heavy (non-hydrogen) atoms. The Hall–Kier alpha value is -2.09. The van der Waals surface area contributed by atoms with Gasteiger partial charge in [0.25, 0.3) is 5.91 Å². The first kappa shape index (κ1) is 14.3. The molecule has 0 bridgehead atoms. The molecule has 6 heteroatoms. The minimum Gasteiger partial charge on any atom is -0.409 e. The van der Waals surface area contributed by atoms with Crippen LogP contribution in [0.5, 0.6) is 0 Å². The first-order chi connectivity index (χ1) is 9.61. The second kappa shape index (κ2) is 6.38. The number of hydrogen-bond acceptors (Lipinski definition) is 3. The van der Waals surface area contributed by atoms with Gasteiger partial charge in [0.15, 0.2) is 5.84 Å². The van der Waals surface area contributed by atoms with Crippen molar-refractivity contribution in [3.8, 4) is 0 Å². The van der Waals surface area contributed by atoms with E-state index in [4.69, 9.17) is 10.9 Å². The molecule has 0 aromatic heterocycles. The first-order valence-electron chi connectivity index (χ1n) is 5.75. The number of halogens is 1. The van der Waals surface area contributed by atoms with Gasteiger partial charge in [-0.3, -0.25) is 4.79 Å². The standard InChI is InChI=1S/C14H12IN3O2/c15-12-4-2-1-3-11(12)14(19)17-10-7-5-9(6-8-10)13(16)18-20/h1-8,20H,(H2,16,18)(H,17,19). The molecule has 102 valence electrons. The summed E-state index contributed by atoms with van der Waals surface area (Å²) in [6, 6.07) is 14.1. The van der Waals surface area contributed by atoms with Gasteiger partial charge < -0.3 is 16.3 Å². The number of carbonyl (C=O) groups excluding carboxylic acids is 1. The molecule has 1 amide bonds. The fraction of sp³-hybridized carbons (Fsp3) is 0. The highest BCUT2D eigenvalue weighted by Crippen LogP contribution is 2.15. The number of amidine groups is 1. The maximum atomic E-state index is 12.1. The summed E-state index contributed by atoms with van der Waals surface area (Å²) in [5, 5.41) is 14.3. The van der Waals surface area contributed by atoms with Gasteiger partial charge >= 0.3 is 0 Å². The van der Waals surface area contributed by atoms with E-state index in [2.05, 4.69) is 33.1 Å². The number of nitrogens with zero attached hydrogens (tertiary/aromatic N) is 1. The van der Waals surface area contributed by atoms with Gasteiger partial charge in [-0.05, 0) is 59.0 Å². The van der Waals surface area contributed by atoms with Gasteiger partial charge in [-0.25, -0.2) is 0 Å². The van der Waals surface area contributed by atoms with Crippen molar-refractivity contribution >= 4 is 40.0 Å². The van der Waals surface area contributed by atoms with Crippen LogP contribution in [0.25, 0.3) is 0 Å². The Kier molecular flexibility index (Phi) is 4.57. The van der Waals surface area contributed by atoms with Crippen LogP contribution < -0.4 is 11.1 Å². The zero-order valence-corrected chi connectivity index (χ0v) is 12.5. The lowest BCUT2D eigenvalue weighted by molar-refractivity contribution is 0.102. The predicted molar refractivity (Wildman–Crippen MR) is 86.1 cm³/mol. The van der Waals surface area contributed by atoms with E-state index < -0.39 is 0 Å². The molecular formula is C14H12IN3O2. The van der Waals surface area contributed by atoms with Gasteiger partial charge in [0, 0.05) is 14.8 Å². The van der Waals surface area contributed by atoms with E-state index in [1.165, 1.54) is 0 Å². The molecule has 0 unspecified atom stereocenters. The van der Waals surface area contributed by atoms with E-state index in [0.29, 0.717) is 16.8 Å². The van der Waals surface area contributed by atoms with Crippen molar-refractivity contribution in [3.63, 3.8) is 0 Å². The Labute approximate surface area is 129 Å². The van der Waals surface area contributed by atoms with Crippen molar-refractivity contribution in [2.24, 2.45) is 10.9 Å². The fourth-order valence-electron chi connectivity index (χ4n) is 1.63. The van der Waals surface area contributed by atoms with Crippen LogP contribution in [-0.4, -0.2) is 17.0 Å². The third-order valence-electron chi connectivity index (χ3n) is 2.66. The number of anilines is 1. The lowest BCUT2D eigenvalue weighted by Crippen LogP contribution is -2.15. The lowest BCUT2D eigenvalue weighted by atomic mass is 10.1. The monoisotopic (exact) mass is 381 g/mol. The topological polar surface area (TPSA) is 87.7 Å². The highest BCUT2D eigenvalue weighted by Gasteiger charge is 2.09. The molecule has 0 saturated heterocycles. The van der Waals surface area contributed by atoms with E-state index in [9.17, 15) is 4.79 Å². The molecule has 0 aliphatic heterocycles. The zero-order valence-electron chi connectivity index (χ0n) is 10.4. The SMILES string of the molecule is N/C(=N/O)c1ccc(NC(=O)c2ccccc2I)cc1. The van der Waals surface area contributed by atoms with Crippen molar-refractivity contribution in [3.05, 3.63) is 63.2 Å². The number of nitrogens with one attached hydrogen (secondary N) is 1. The molecule has 5 nitrogen and oxygen atoms in total.